The van der Waals surface area contributed by atoms with Gasteiger partial charge in [0.25, 0.3) is 0 Å². The zero-order chi connectivity index (χ0) is 16.4. The van der Waals surface area contributed by atoms with E-state index in [0.29, 0.717) is 12.1 Å². The molecule has 3 rings (SSSR count). The number of aryl methyl sites for hydroxylation is 1. The van der Waals surface area contributed by atoms with E-state index in [9.17, 15) is 4.39 Å². The van der Waals surface area contributed by atoms with E-state index in [1.807, 2.05) is 30.8 Å². The fraction of sp³-hybridized carbons (Fsp3) is 0.294. The summed E-state index contributed by atoms with van der Waals surface area (Å²) < 4.78 is 23.2. The number of halogens is 1. The largest absolute Gasteiger partial charge is 0.380 e. The third-order valence-electron chi connectivity index (χ3n) is 3.81. The molecule has 1 atom stereocenters. The van der Waals surface area contributed by atoms with Gasteiger partial charge in [0.15, 0.2) is 0 Å². The highest BCUT2D eigenvalue weighted by Crippen LogP contribution is 2.28. The molecule has 0 aliphatic rings. The van der Waals surface area contributed by atoms with Gasteiger partial charge in [0.05, 0.1) is 18.8 Å². The minimum absolute atomic E-state index is 0.0705. The molecular formula is C17H19FN4O. The van der Waals surface area contributed by atoms with Crippen LogP contribution in [-0.4, -0.2) is 32.5 Å². The summed E-state index contributed by atoms with van der Waals surface area (Å²) in [7, 11) is 3.49. The maximum Gasteiger partial charge on any atom is 0.139 e. The first-order valence-corrected chi connectivity index (χ1v) is 7.41. The molecule has 5 nitrogen and oxygen atoms in total. The van der Waals surface area contributed by atoms with Gasteiger partial charge >= 0.3 is 0 Å². The van der Waals surface area contributed by atoms with Gasteiger partial charge in [0.1, 0.15) is 11.6 Å². The number of nitrogens with zero attached hydrogens (tertiary/aromatic N) is 4. The maximum absolute atomic E-state index is 14.2. The molecule has 120 valence electrons. The number of rotatable bonds is 5. The summed E-state index contributed by atoms with van der Waals surface area (Å²) in [6.07, 6.45) is 7.16. The second-order valence-corrected chi connectivity index (χ2v) is 5.55. The SMILES string of the molecule is COC(C)Cn1ccnc1-c1ccc(F)c(-c2cnn(C)c2)c1. The first-order chi connectivity index (χ1) is 11.1. The van der Waals surface area contributed by atoms with Gasteiger partial charge in [-0.2, -0.15) is 5.10 Å². The van der Waals surface area contributed by atoms with Gasteiger partial charge in [-0.05, 0) is 25.1 Å². The Labute approximate surface area is 134 Å². The summed E-state index contributed by atoms with van der Waals surface area (Å²) in [5, 5.41) is 4.11. The predicted molar refractivity (Wildman–Crippen MR) is 86.3 cm³/mol. The molecule has 0 bridgehead atoms. The number of methoxy groups -OCH3 is 1. The highest BCUT2D eigenvalue weighted by Gasteiger charge is 2.13. The normalized spacial score (nSPS) is 12.5. The van der Waals surface area contributed by atoms with Crippen LogP contribution in [0.1, 0.15) is 6.92 Å². The summed E-state index contributed by atoms with van der Waals surface area (Å²) in [4.78, 5) is 4.41. The topological polar surface area (TPSA) is 44.9 Å². The van der Waals surface area contributed by atoms with E-state index in [1.165, 1.54) is 6.07 Å². The van der Waals surface area contributed by atoms with Crippen molar-refractivity contribution in [3.63, 3.8) is 0 Å². The monoisotopic (exact) mass is 314 g/mol. The van der Waals surface area contributed by atoms with E-state index in [2.05, 4.69) is 10.1 Å². The van der Waals surface area contributed by atoms with Crippen LogP contribution < -0.4 is 0 Å². The molecule has 1 aromatic carbocycles. The lowest BCUT2D eigenvalue weighted by molar-refractivity contribution is 0.103. The van der Waals surface area contributed by atoms with Crippen molar-refractivity contribution in [2.75, 3.05) is 7.11 Å². The Bertz CT molecular complexity index is 809. The van der Waals surface area contributed by atoms with Crippen molar-refractivity contribution in [2.24, 2.45) is 7.05 Å². The third-order valence-corrected chi connectivity index (χ3v) is 3.81. The van der Waals surface area contributed by atoms with E-state index in [1.54, 1.807) is 36.4 Å². The van der Waals surface area contributed by atoms with Crippen LogP contribution in [0, 0.1) is 5.82 Å². The predicted octanol–water partition coefficient (Wildman–Crippen LogP) is 3.12. The quantitative estimate of drug-likeness (QED) is 0.727. The van der Waals surface area contributed by atoms with Gasteiger partial charge in [-0.3, -0.25) is 4.68 Å². The lowest BCUT2D eigenvalue weighted by Crippen LogP contribution is -2.14. The first-order valence-electron chi connectivity index (χ1n) is 7.41. The molecule has 23 heavy (non-hydrogen) atoms. The van der Waals surface area contributed by atoms with Gasteiger partial charge in [0.2, 0.25) is 0 Å². The molecule has 0 amide bonds. The summed E-state index contributed by atoms with van der Waals surface area (Å²) in [5.41, 5.74) is 2.12. The Balaban J connectivity index is 2.00. The van der Waals surface area contributed by atoms with Crippen molar-refractivity contribution in [3.05, 3.63) is 48.8 Å². The Morgan fingerprint density at radius 2 is 2.13 bits per heavy atom. The van der Waals surface area contributed by atoms with Crippen molar-refractivity contribution >= 4 is 0 Å². The molecule has 2 aromatic heterocycles. The lowest BCUT2D eigenvalue weighted by atomic mass is 10.0. The van der Waals surface area contributed by atoms with E-state index in [0.717, 1.165) is 17.0 Å². The van der Waals surface area contributed by atoms with Crippen molar-refractivity contribution in [1.82, 2.24) is 19.3 Å². The molecule has 0 aliphatic carbocycles. The summed E-state index contributed by atoms with van der Waals surface area (Å²) >= 11 is 0. The second kappa shape index (κ2) is 6.34. The molecule has 2 heterocycles. The van der Waals surface area contributed by atoms with Crippen molar-refractivity contribution in [3.8, 4) is 22.5 Å². The van der Waals surface area contributed by atoms with Crippen LogP contribution in [0.2, 0.25) is 0 Å². The Kier molecular flexibility index (Phi) is 4.25. The summed E-state index contributed by atoms with van der Waals surface area (Å²) in [6.45, 7) is 2.68. The smallest absolute Gasteiger partial charge is 0.139 e. The van der Waals surface area contributed by atoms with Gasteiger partial charge in [0, 0.05) is 49.4 Å². The van der Waals surface area contributed by atoms with Gasteiger partial charge in [-0.15, -0.1) is 0 Å². The molecule has 0 spiro atoms. The third kappa shape index (κ3) is 3.17. The maximum atomic E-state index is 14.2. The first kappa shape index (κ1) is 15.4. The second-order valence-electron chi connectivity index (χ2n) is 5.55. The number of imidazole rings is 1. The molecule has 0 saturated carbocycles. The highest BCUT2D eigenvalue weighted by atomic mass is 19.1. The van der Waals surface area contributed by atoms with Gasteiger partial charge in [-0.25, -0.2) is 9.37 Å². The van der Waals surface area contributed by atoms with Crippen LogP contribution in [0.5, 0.6) is 0 Å². The zero-order valence-electron chi connectivity index (χ0n) is 13.4. The van der Waals surface area contributed by atoms with Crippen LogP contribution in [-0.2, 0) is 18.3 Å². The van der Waals surface area contributed by atoms with E-state index >= 15 is 0 Å². The van der Waals surface area contributed by atoms with Crippen LogP contribution in [0.3, 0.4) is 0 Å². The Hall–Kier alpha value is -2.47. The van der Waals surface area contributed by atoms with Gasteiger partial charge in [-0.1, -0.05) is 0 Å². The number of ether oxygens (including phenoxy) is 1. The average Bonchev–Trinajstić information content (AvgIpc) is 3.17. The minimum Gasteiger partial charge on any atom is -0.380 e. The average molecular weight is 314 g/mol. The summed E-state index contributed by atoms with van der Waals surface area (Å²) in [5.74, 6) is 0.518. The van der Waals surface area contributed by atoms with E-state index in [4.69, 9.17) is 4.74 Å². The molecule has 1 unspecified atom stereocenters. The van der Waals surface area contributed by atoms with Crippen LogP contribution in [0.25, 0.3) is 22.5 Å². The van der Waals surface area contributed by atoms with Crippen LogP contribution in [0.15, 0.2) is 43.0 Å². The molecule has 0 radical (unpaired) electrons. The molecule has 0 N–H and O–H groups in total. The number of aromatic nitrogens is 4. The molecule has 0 saturated heterocycles. The van der Waals surface area contributed by atoms with Gasteiger partial charge < -0.3 is 9.30 Å². The molecule has 0 aliphatic heterocycles. The Morgan fingerprint density at radius 3 is 2.83 bits per heavy atom. The molecule has 0 fully saturated rings. The van der Waals surface area contributed by atoms with Crippen molar-refractivity contribution in [1.29, 1.82) is 0 Å². The Morgan fingerprint density at radius 1 is 1.30 bits per heavy atom. The van der Waals surface area contributed by atoms with Crippen LogP contribution >= 0.6 is 0 Å². The highest BCUT2D eigenvalue weighted by molar-refractivity contribution is 5.70. The minimum atomic E-state index is -0.273. The standard InChI is InChI=1S/C17H19FN4O/c1-12(23-3)10-22-7-6-19-17(22)13-4-5-16(18)15(8-13)14-9-20-21(2)11-14/h4-9,11-12H,10H2,1-3H3. The fourth-order valence-corrected chi connectivity index (χ4v) is 2.51. The summed E-state index contributed by atoms with van der Waals surface area (Å²) in [6, 6.07) is 5.02. The molecular weight excluding hydrogens is 295 g/mol. The molecule has 6 heteroatoms. The number of hydrogen-bond donors (Lipinski definition) is 0. The lowest BCUT2D eigenvalue weighted by Gasteiger charge is -2.13. The fourth-order valence-electron chi connectivity index (χ4n) is 2.51. The number of hydrogen-bond acceptors (Lipinski definition) is 3. The van der Waals surface area contributed by atoms with Crippen LogP contribution in [0.4, 0.5) is 4.39 Å². The zero-order valence-corrected chi connectivity index (χ0v) is 13.4. The molecule has 3 aromatic rings. The number of benzene rings is 1. The van der Waals surface area contributed by atoms with Crippen molar-refractivity contribution < 1.29 is 9.13 Å². The van der Waals surface area contributed by atoms with E-state index in [-0.39, 0.29) is 11.9 Å². The van der Waals surface area contributed by atoms with Crippen molar-refractivity contribution in [2.45, 2.75) is 19.6 Å². The van der Waals surface area contributed by atoms with E-state index < -0.39 is 0 Å².